The normalized spacial score (nSPS) is 16.5. The van der Waals surface area contributed by atoms with E-state index in [1.807, 2.05) is 5.06 Å². The van der Waals surface area contributed by atoms with Gasteiger partial charge >= 0.3 is 12.1 Å². The van der Waals surface area contributed by atoms with Gasteiger partial charge in [-0.15, -0.1) is 0 Å². The first-order valence-corrected chi connectivity index (χ1v) is 6.40. The van der Waals surface area contributed by atoms with Crippen LogP contribution in [0.1, 0.15) is 17.9 Å². The zero-order valence-corrected chi connectivity index (χ0v) is 10.9. The number of nitrogens with zero attached hydrogens (tertiary/aromatic N) is 3. The third-order valence-corrected chi connectivity index (χ3v) is 3.07. The number of rotatable bonds is 3. The highest BCUT2D eigenvalue weighted by molar-refractivity contribution is 5.54. The monoisotopic (exact) mass is 299 g/mol. The molecule has 21 heavy (non-hydrogen) atoms. The summed E-state index contributed by atoms with van der Waals surface area (Å²) in [5.41, 5.74) is 1.47. The topological polar surface area (TPSA) is 51.4 Å². The maximum absolute atomic E-state index is 12.4. The smallest absolute Gasteiger partial charge is 0.329 e. The number of alkyl halides is 3. The number of aromatic nitrogens is 2. The van der Waals surface area contributed by atoms with Crippen LogP contribution in [0.15, 0.2) is 28.8 Å². The van der Waals surface area contributed by atoms with E-state index in [2.05, 4.69) is 14.7 Å². The van der Waals surface area contributed by atoms with E-state index >= 15 is 0 Å². The van der Waals surface area contributed by atoms with Crippen LogP contribution in [0.5, 0.6) is 0 Å². The van der Waals surface area contributed by atoms with Gasteiger partial charge in [0.1, 0.15) is 0 Å². The Morgan fingerprint density at radius 2 is 1.95 bits per heavy atom. The summed E-state index contributed by atoms with van der Waals surface area (Å²) in [5.74, 6) is -1.42. The molecule has 0 saturated carbocycles. The van der Waals surface area contributed by atoms with Gasteiger partial charge in [-0.3, -0.25) is 4.84 Å². The number of halogens is 3. The first-order chi connectivity index (χ1) is 10.0. The lowest BCUT2D eigenvalue weighted by Gasteiger charge is -2.13. The standard InChI is InChI=1S/C13H12F3N3O2/c14-13(15,16)12-17-11(18-21-12)10-4-2-9(3-5-10)8-19-6-1-7-20-19/h2-5H,1,6-8H2. The quantitative estimate of drug-likeness (QED) is 0.872. The Morgan fingerprint density at radius 3 is 2.52 bits per heavy atom. The van der Waals surface area contributed by atoms with Gasteiger partial charge in [-0.05, 0) is 12.0 Å². The molecule has 1 saturated heterocycles. The Bertz CT molecular complexity index is 604. The Kier molecular flexibility index (Phi) is 3.64. The molecule has 1 aliphatic heterocycles. The number of hydroxylamine groups is 2. The van der Waals surface area contributed by atoms with Crippen molar-refractivity contribution in [3.63, 3.8) is 0 Å². The van der Waals surface area contributed by atoms with Crippen LogP contribution in [-0.2, 0) is 17.6 Å². The van der Waals surface area contributed by atoms with E-state index in [-0.39, 0.29) is 5.82 Å². The van der Waals surface area contributed by atoms with E-state index in [4.69, 9.17) is 4.84 Å². The summed E-state index contributed by atoms with van der Waals surface area (Å²) in [6.45, 7) is 2.24. The molecule has 0 spiro atoms. The minimum absolute atomic E-state index is 0.0775. The van der Waals surface area contributed by atoms with Crippen LogP contribution in [0.2, 0.25) is 0 Å². The summed E-state index contributed by atoms with van der Waals surface area (Å²) >= 11 is 0. The van der Waals surface area contributed by atoms with Crippen molar-refractivity contribution < 1.29 is 22.5 Å². The highest BCUT2D eigenvalue weighted by Crippen LogP contribution is 2.29. The molecule has 1 aromatic heterocycles. The molecule has 0 aliphatic carbocycles. The molecular weight excluding hydrogens is 287 g/mol. The van der Waals surface area contributed by atoms with Gasteiger partial charge in [0, 0.05) is 18.7 Å². The molecule has 2 aromatic rings. The lowest BCUT2D eigenvalue weighted by atomic mass is 10.1. The number of hydrogen-bond acceptors (Lipinski definition) is 5. The zero-order valence-electron chi connectivity index (χ0n) is 10.9. The van der Waals surface area contributed by atoms with Crippen LogP contribution < -0.4 is 0 Å². The summed E-state index contributed by atoms with van der Waals surface area (Å²) in [6.07, 6.45) is -3.63. The molecule has 2 heterocycles. The van der Waals surface area contributed by atoms with Gasteiger partial charge < -0.3 is 4.52 Å². The predicted molar refractivity (Wildman–Crippen MR) is 65.7 cm³/mol. The zero-order chi connectivity index (χ0) is 14.9. The lowest BCUT2D eigenvalue weighted by molar-refractivity contribution is -0.159. The number of benzene rings is 1. The predicted octanol–water partition coefficient (Wildman–Crippen LogP) is 2.89. The molecule has 5 nitrogen and oxygen atoms in total. The van der Waals surface area contributed by atoms with Crippen LogP contribution in [-0.4, -0.2) is 28.4 Å². The molecule has 0 atom stereocenters. The van der Waals surface area contributed by atoms with E-state index in [0.29, 0.717) is 12.1 Å². The van der Waals surface area contributed by atoms with Crippen molar-refractivity contribution in [2.24, 2.45) is 0 Å². The third-order valence-electron chi connectivity index (χ3n) is 3.07. The largest absolute Gasteiger partial charge is 0.471 e. The Hall–Kier alpha value is -1.93. The van der Waals surface area contributed by atoms with Crippen molar-refractivity contribution in [1.82, 2.24) is 15.2 Å². The summed E-state index contributed by atoms with van der Waals surface area (Å²) in [6, 6.07) is 6.94. The van der Waals surface area contributed by atoms with Crippen molar-refractivity contribution in [2.45, 2.75) is 19.1 Å². The summed E-state index contributed by atoms with van der Waals surface area (Å²) in [4.78, 5) is 8.73. The second-order valence-electron chi connectivity index (χ2n) is 4.67. The highest BCUT2D eigenvalue weighted by Gasteiger charge is 2.38. The molecule has 0 radical (unpaired) electrons. The maximum Gasteiger partial charge on any atom is 0.471 e. The van der Waals surface area contributed by atoms with Crippen molar-refractivity contribution in [2.75, 3.05) is 13.2 Å². The van der Waals surface area contributed by atoms with E-state index in [1.165, 1.54) is 0 Å². The van der Waals surface area contributed by atoms with Gasteiger partial charge in [-0.25, -0.2) is 0 Å². The fraction of sp³-hybridized carbons (Fsp3) is 0.385. The first-order valence-electron chi connectivity index (χ1n) is 6.40. The van der Waals surface area contributed by atoms with Gasteiger partial charge in [-0.1, -0.05) is 29.4 Å². The van der Waals surface area contributed by atoms with E-state index < -0.39 is 12.1 Å². The van der Waals surface area contributed by atoms with Gasteiger partial charge in [0.05, 0.1) is 6.61 Å². The molecular formula is C13H12F3N3O2. The van der Waals surface area contributed by atoms with E-state index in [9.17, 15) is 13.2 Å². The average molecular weight is 299 g/mol. The average Bonchev–Trinajstić information content (AvgIpc) is 3.09. The molecule has 0 amide bonds. The fourth-order valence-corrected chi connectivity index (χ4v) is 2.04. The van der Waals surface area contributed by atoms with Crippen molar-refractivity contribution in [1.29, 1.82) is 0 Å². The van der Waals surface area contributed by atoms with Gasteiger partial charge in [0.25, 0.3) is 0 Å². The molecule has 1 aromatic carbocycles. The summed E-state index contributed by atoms with van der Waals surface area (Å²) in [5, 5.41) is 5.20. The van der Waals surface area contributed by atoms with Crippen LogP contribution in [0.25, 0.3) is 11.4 Å². The Morgan fingerprint density at radius 1 is 1.19 bits per heavy atom. The number of hydrogen-bond donors (Lipinski definition) is 0. The second-order valence-corrected chi connectivity index (χ2v) is 4.67. The van der Waals surface area contributed by atoms with Crippen molar-refractivity contribution >= 4 is 0 Å². The van der Waals surface area contributed by atoms with Crippen molar-refractivity contribution in [3.05, 3.63) is 35.7 Å². The fourth-order valence-electron chi connectivity index (χ4n) is 2.04. The molecule has 1 fully saturated rings. The molecule has 3 rings (SSSR count). The molecule has 112 valence electrons. The van der Waals surface area contributed by atoms with E-state index in [1.54, 1.807) is 24.3 Å². The van der Waals surface area contributed by atoms with E-state index in [0.717, 1.165) is 25.1 Å². The molecule has 0 unspecified atom stereocenters. The van der Waals surface area contributed by atoms with Gasteiger partial charge in [-0.2, -0.15) is 23.2 Å². The lowest BCUT2D eigenvalue weighted by Crippen LogP contribution is -2.16. The minimum atomic E-state index is -4.63. The van der Waals surface area contributed by atoms with Crippen LogP contribution in [0.4, 0.5) is 13.2 Å². The third kappa shape index (κ3) is 3.22. The van der Waals surface area contributed by atoms with Gasteiger partial charge in [0.15, 0.2) is 0 Å². The van der Waals surface area contributed by atoms with Crippen LogP contribution in [0, 0.1) is 0 Å². The second kappa shape index (κ2) is 5.45. The summed E-state index contributed by atoms with van der Waals surface area (Å²) < 4.78 is 41.4. The van der Waals surface area contributed by atoms with Crippen LogP contribution in [0.3, 0.4) is 0 Å². The Balaban J connectivity index is 1.73. The SMILES string of the molecule is FC(F)(F)c1nc(-c2ccc(CN3CCCO3)cc2)no1. The maximum atomic E-state index is 12.4. The minimum Gasteiger partial charge on any atom is -0.329 e. The molecule has 8 heteroatoms. The summed E-state index contributed by atoms with van der Waals surface area (Å²) in [7, 11) is 0. The molecule has 1 aliphatic rings. The molecule has 0 bridgehead atoms. The Labute approximate surface area is 118 Å². The van der Waals surface area contributed by atoms with Gasteiger partial charge in [0.2, 0.25) is 5.82 Å². The van der Waals surface area contributed by atoms with Crippen LogP contribution >= 0.6 is 0 Å². The highest BCUT2D eigenvalue weighted by atomic mass is 19.4. The van der Waals surface area contributed by atoms with Crippen molar-refractivity contribution in [3.8, 4) is 11.4 Å². The molecule has 0 N–H and O–H groups in total. The first kappa shape index (κ1) is 14.0.